The lowest BCUT2D eigenvalue weighted by Crippen LogP contribution is -2.48. The molecule has 2 atom stereocenters. The molecule has 0 aliphatic carbocycles. The number of unbranched alkanes of at least 4 members (excludes halogenated alkanes) is 2. The van der Waals surface area contributed by atoms with Gasteiger partial charge in [-0.2, -0.15) is 0 Å². The maximum Gasteiger partial charge on any atom is 0.233 e. The normalized spacial score (nSPS) is 17.3. The van der Waals surface area contributed by atoms with E-state index < -0.39 is 5.41 Å². The average molecular weight is 487 g/mol. The molecule has 0 saturated carbocycles. The first kappa shape index (κ1) is 32.6. The molecule has 2 rings (SSSR count). The third-order valence-corrected chi connectivity index (χ3v) is 6.41. The maximum atomic E-state index is 12.5. The largest absolute Gasteiger partial charge is 0.369 e. The maximum absolute atomic E-state index is 12.5. The van der Waals surface area contributed by atoms with Crippen LogP contribution < -0.4 is 16.8 Å². The van der Waals surface area contributed by atoms with Gasteiger partial charge in [-0.05, 0) is 64.1 Å². The van der Waals surface area contributed by atoms with E-state index in [2.05, 4.69) is 17.1 Å². The van der Waals surface area contributed by atoms with Crippen molar-refractivity contribution in [2.75, 3.05) is 32.7 Å². The smallest absolute Gasteiger partial charge is 0.233 e. The van der Waals surface area contributed by atoms with Crippen LogP contribution in [0.15, 0.2) is 54.6 Å². The van der Waals surface area contributed by atoms with Gasteiger partial charge in [-0.1, -0.05) is 81.8 Å². The summed E-state index contributed by atoms with van der Waals surface area (Å²) in [6.45, 7) is 13.7. The summed E-state index contributed by atoms with van der Waals surface area (Å²) >= 11 is 0. The number of carbonyl (C=O) groups excluding carboxylic acids is 2. The van der Waals surface area contributed by atoms with Crippen LogP contribution in [-0.2, 0) is 15.0 Å². The summed E-state index contributed by atoms with van der Waals surface area (Å²) < 4.78 is 0. The average Bonchev–Trinajstić information content (AvgIpc) is 3.36. The van der Waals surface area contributed by atoms with Crippen molar-refractivity contribution in [1.29, 1.82) is 0 Å². The van der Waals surface area contributed by atoms with Gasteiger partial charge in [-0.3, -0.25) is 9.59 Å². The van der Waals surface area contributed by atoms with Crippen LogP contribution in [0.3, 0.4) is 0 Å². The Balaban J connectivity index is 0.00000126. The number of hydrogen-bond donors (Lipinski definition) is 3. The van der Waals surface area contributed by atoms with Crippen molar-refractivity contribution in [2.45, 2.75) is 72.1 Å². The van der Waals surface area contributed by atoms with E-state index in [1.54, 1.807) is 0 Å². The molecule has 1 aliphatic rings. The molecule has 198 valence electrons. The topological polar surface area (TPSA) is 101 Å². The summed E-state index contributed by atoms with van der Waals surface area (Å²) in [4.78, 5) is 26.1. The fraction of sp³-hybridized carbons (Fsp3) is 0.586. The Morgan fingerprint density at radius 2 is 1.71 bits per heavy atom. The molecule has 6 nitrogen and oxygen atoms in total. The summed E-state index contributed by atoms with van der Waals surface area (Å²) in [6, 6.07) is 10.0. The van der Waals surface area contributed by atoms with Crippen molar-refractivity contribution in [1.82, 2.24) is 10.2 Å². The number of nitrogens with zero attached hydrogens (tertiary/aromatic N) is 1. The summed E-state index contributed by atoms with van der Waals surface area (Å²) in [5.74, 6) is -0.0504. The molecule has 0 aromatic heterocycles. The third kappa shape index (κ3) is 11.2. The number of rotatable bonds is 12. The zero-order valence-corrected chi connectivity index (χ0v) is 22.8. The van der Waals surface area contributed by atoms with Crippen molar-refractivity contribution in [3.05, 3.63) is 60.2 Å². The monoisotopic (exact) mass is 486 g/mol. The van der Waals surface area contributed by atoms with Gasteiger partial charge in [0.25, 0.3) is 0 Å². The summed E-state index contributed by atoms with van der Waals surface area (Å²) in [6.07, 6.45) is 12.9. The van der Waals surface area contributed by atoms with Crippen molar-refractivity contribution >= 4 is 11.8 Å². The zero-order valence-electron chi connectivity index (χ0n) is 22.8. The minimum Gasteiger partial charge on any atom is -0.369 e. The van der Waals surface area contributed by atoms with E-state index in [1.165, 1.54) is 0 Å². The second-order valence-electron chi connectivity index (χ2n) is 8.51. The predicted molar refractivity (Wildman–Crippen MR) is 149 cm³/mol. The number of amides is 2. The first-order chi connectivity index (χ1) is 17.0. The van der Waals surface area contributed by atoms with Gasteiger partial charge in [0.05, 0.1) is 12.0 Å². The van der Waals surface area contributed by atoms with Crippen molar-refractivity contribution in [3.63, 3.8) is 0 Å². The van der Waals surface area contributed by atoms with E-state index in [9.17, 15) is 9.59 Å². The molecule has 1 aliphatic heterocycles. The van der Waals surface area contributed by atoms with Gasteiger partial charge in [-0.15, -0.1) is 0 Å². The van der Waals surface area contributed by atoms with Crippen molar-refractivity contribution in [2.24, 2.45) is 17.4 Å². The Kier molecular flexibility index (Phi) is 18.4. The first-order valence-electron chi connectivity index (χ1n) is 13.2. The van der Waals surface area contributed by atoms with Gasteiger partial charge < -0.3 is 21.7 Å². The Morgan fingerprint density at radius 1 is 1.09 bits per heavy atom. The number of benzene rings is 1. The highest BCUT2D eigenvalue weighted by Gasteiger charge is 2.46. The molecule has 1 aromatic rings. The Bertz CT molecular complexity index is 738. The zero-order chi connectivity index (χ0) is 26.5. The molecule has 2 unspecified atom stereocenters. The molecular formula is C29H50N4O2. The van der Waals surface area contributed by atoms with Crippen LogP contribution >= 0.6 is 0 Å². The second-order valence-corrected chi connectivity index (χ2v) is 8.51. The number of primary amides is 1. The highest BCUT2D eigenvalue weighted by atomic mass is 16.2. The molecule has 0 radical (unpaired) electrons. The van der Waals surface area contributed by atoms with E-state index in [0.717, 1.165) is 57.3 Å². The van der Waals surface area contributed by atoms with Gasteiger partial charge in [0, 0.05) is 13.1 Å². The van der Waals surface area contributed by atoms with Crippen LogP contribution in [-0.4, -0.2) is 49.4 Å². The lowest BCUT2D eigenvalue weighted by Gasteiger charge is -2.36. The van der Waals surface area contributed by atoms with Crippen LogP contribution in [0.4, 0.5) is 0 Å². The van der Waals surface area contributed by atoms with Crippen LogP contribution in [0.25, 0.3) is 0 Å². The van der Waals surface area contributed by atoms with Gasteiger partial charge in [-0.25, -0.2) is 0 Å². The van der Waals surface area contributed by atoms with Gasteiger partial charge in [0.2, 0.25) is 11.8 Å². The van der Waals surface area contributed by atoms with E-state index in [4.69, 9.17) is 11.5 Å². The predicted octanol–water partition coefficient (Wildman–Crippen LogP) is 4.55. The molecule has 1 heterocycles. The fourth-order valence-electron chi connectivity index (χ4n) is 4.58. The quantitative estimate of drug-likeness (QED) is 0.298. The molecule has 1 fully saturated rings. The third-order valence-electron chi connectivity index (χ3n) is 6.41. The molecular weight excluding hydrogens is 436 g/mol. The lowest BCUT2D eigenvalue weighted by molar-refractivity contribution is -0.125. The molecule has 1 aromatic carbocycles. The summed E-state index contributed by atoms with van der Waals surface area (Å²) in [5.41, 5.74) is 11.7. The van der Waals surface area contributed by atoms with Crippen molar-refractivity contribution in [3.8, 4) is 0 Å². The van der Waals surface area contributed by atoms with Crippen LogP contribution in [0, 0.1) is 5.92 Å². The lowest BCUT2D eigenvalue weighted by atomic mass is 9.67. The van der Waals surface area contributed by atoms with E-state index in [-0.39, 0.29) is 24.3 Å². The number of nitrogens with one attached hydrogen (secondary N) is 1. The Labute approximate surface area is 214 Å². The molecule has 35 heavy (non-hydrogen) atoms. The minimum absolute atomic E-state index is 0.0512. The van der Waals surface area contributed by atoms with Crippen LogP contribution in [0.5, 0.6) is 0 Å². The number of likely N-dealkylation sites (tertiary alicyclic amines) is 1. The second kappa shape index (κ2) is 19.8. The molecule has 5 N–H and O–H groups in total. The van der Waals surface area contributed by atoms with Gasteiger partial charge >= 0.3 is 0 Å². The van der Waals surface area contributed by atoms with E-state index in [0.29, 0.717) is 6.54 Å². The van der Waals surface area contributed by atoms with E-state index >= 15 is 0 Å². The number of carbonyl (C=O) groups is 2. The minimum atomic E-state index is -0.581. The number of allylic oxidation sites excluding steroid dienone is 4. The number of hydrogen-bond acceptors (Lipinski definition) is 4. The van der Waals surface area contributed by atoms with Crippen molar-refractivity contribution < 1.29 is 9.59 Å². The molecule has 6 heteroatoms. The highest BCUT2D eigenvalue weighted by Crippen LogP contribution is 2.40. The fourth-order valence-corrected chi connectivity index (χ4v) is 4.58. The van der Waals surface area contributed by atoms with Crippen LogP contribution in [0.2, 0.25) is 0 Å². The first-order valence-corrected chi connectivity index (χ1v) is 13.2. The molecule has 0 bridgehead atoms. The molecule has 2 amide bonds. The highest BCUT2D eigenvalue weighted by molar-refractivity contribution is 5.87. The molecule has 1 saturated heterocycles. The standard InChI is InChI=1S/C21H34N4O2.C6H10.C2H6/c1-2-21(20(23)27,17-9-5-3-6-10-17)18-11-14-25(16-18)13-8-4-7-12-24-19(26)15-22;1-3-5-6-4-2;1-2/h3,5-6,9-10,18H,2,4,7-8,11-16,22H2,1H3,(H2,23,27)(H,24,26);3-6H,1-2H3;1-2H3/b;5-3-,6-4-;. The summed E-state index contributed by atoms with van der Waals surface area (Å²) in [7, 11) is 0. The van der Waals surface area contributed by atoms with Gasteiger partial charge in [0.1, 0.15) is 0 Å². The van der Waals surface area contributed by atoms with Gasteiger partial charge in [0.15, 0.2) is 0 Å². The number of nitrogens with two attached hydrogens (primary N) is 2. The van der Waals surface area contributed by atoms with Crippen LogP contribution in [0.1, 0.15) is 72.3 Å². The molecule has 0 spiro atoms. The van der Waals surface area contributed by atoms with E-state index in [1.807, 2.05) is 82.3 Å². The summed E-state index contributed by atoms with van der Waals surface area (Å²) in [5, 5.41) is 2.80. The SMILES string of the molecule is C/C=C\C=C/C.CC.CCC(C(N)=O)(c1ccccc1)C1CCN(CCCCCNC(=O)CN)C1. The Hall–Kier alpha value is -2.44. The Morgan fingerprint density at radius 3 is 2.23 bits per heavy atom.